The molecular formula is C8H10BrN3O. The summed E-state index contributed by atoms with van der Waals surface area (Å²) in [6.07, 6.45) is 0. The van der Waals surface area contributed by atoms with Crippen molar-refractivity contribution >= 4 is 27.6 Å². The number of halogens is 1. The quantitative estimate of drug-likeness (QED) is 0.341. The van der Waals surface area contributed by atoms with Crippen LogP contribution in [0.1, 0.15) is 0 Å². The molecule has 0 amide bonds. The zero-order valence-electron chi connectivity index (χ0n) is 7.11. The second kappa shape index (κ2) is 4.13. The Morgan fingerprint density at radius 3 is 2.85 bits per heavy atom. The molecule has 0 saturated heterocycles. The van der Waals surface area contributed by atoms with E-state index in [-0.39, 0.29) is 5.96 Å². The molecule has 5 heteroatoms. The SMILES string of the molecule is CN(/C(N)=N/O)c1cccc(Br)c1. The lowest BCUT2D eigenvalue weighted by atomic mass is 10.3. The summed E-state index contributed by atoms with van der Waals surface area (Å²) in [5.41, 5.74) is 6.26. The predicted molar refractivity (Wildman–Crippen MR) is 56.0 cm³/mol. The van der Waals surface area contributed by atoms with Crippen LogP contribution in [-0.4, -0.2) is 18.2 Å². The maximum Gasteiger partial charge on any atom is 0.237 e. The van der Waals surface area contributed by atoms with Gasteiger partial charge in [0.2, 0.25) is 5.96 Å². The van der Waals surface area contributed by atoms with Crippen LogP contribution >= 0.6 is 15.9 Å². The minimum absolute atomic E-state index is 0.0538. The topological polar surface area (TPSA) is 61.8 Å². The van der Waals surface area contributed by atoms with Crippen molar-refractivity contribution in [3.8, 4) is 0 Å². The number of anilines is 1. The van der Waals surface area contributed by atoms with Crippen molar-refractivity contribution in [1.29, 1.82) is 0 Å². The Labute approximate surface area is 84.8 Å². The second-order valence-electron chi connectivity index (χ2n) is 2.50. The maximum atomic E-state index is 8.45. The minimum atomic E-state index is 0.0538. The van der Waals surface area contributed by atoms with E-state index in [0.29, 0.717) is 0 Å². The Bertz CT molecular complexity index is 327. The molecule has 0 heterocycles. The van der Waals surface area contributed by atoms with Gasteiger partial charge in [-0.1, -0.05) is 27.2 Å². The van der Waals surface area contributed by atoms with E-state index in [1.54, 1.807) is 11.9 Å². The first-order chi connectivity index (χ1) is 6.15. The van der Waals surface area contributed by atoms with Gasteiger partial charge in [-0.25, -0.2) is 0 Å². The van der Waals surface area contributed by atoms with Crippen LogP contribution in [0.4, 0.5) is 5.69 Å². The lowest BCUT2D eigenvalue weighted by molar-refractivity contribution is 0.317. The lowest BCUT2D eigenvalue weighted by Gasteiger charge is -2.16. The van der Waals surface area contributed by atoms with Gasteiger partial charge in [-0.05, 0) is 18.2 Å². The number of benzene rings is 1. The molecule has 0 fully saturated rings. The van der Waals surface area contributed by atoms with Crippen molar-refractivity contribution in [2.24, 2.45) is 10.9 Å². The van der Waals surface area contributed by atoms with Gasteiger partial charge in [0.05, 0.1) is 0 Å². The van der Waals surface area contributed by atoms with Gasteiger partial charge in [0.25, 0.3) is 0 Å². The summed E-state index contributed by atoms with van der Waals surface area (Å²) in [5.74, 6) is 0.0538. The number of rotatable bonds is 1. The summed E-state index contributed by atoms with van der Waals surface area (Å²) < 4.78 is 0.947. The van der Waals surface area contributed by atoms with Crippen molar-refractivity contribution in [3.05, 3.63) is 28.7 Å². The average Bonchev–Trinajstić information content (AvgIpc) is 2.15. The zero-order valence-corrected chi connectivity index (χ0v) is 8.69. The van der Waals surface area contributed by atoms with E-state index in [0.717, 1.165) is 10.2 Å². The van der Waals surface area contributed by atoms with Gasteiger partial charge in [-0.3, -0.25) is 0 Å². The summed E-state index contributed by atoms with van der Waals surface area (Å²) in [6, 6.07) is 7.52. The van der Waals surface area contributed by atoms with Gasteiger partial charge in [0.15, 0.2) is 0 Å². The van der Waals surface area contributed by atoms with Crippen LogP contribution in [0.15, 0.2) is 33.9 Å². The Kier molecular flexibility index (Phi) is 3.13. The summed E-state index contributed by atoms with van der Waals surface area (Å²) in [7, 11) is 1.72. The summed E-state index contributed by atoms with van der Waals surface area (Å²) in [4.78, 5) is 1.57. The minimum Gasteiger partial charge on any atom is -0.408 e. The summed E-state index contributed by atoms with van der Waals surface area (Å²) >= 11 is 3.33. The van der Waals surface area contributed by atoms with Gasteiger partial charge < -0.3 is 15.8 Å². The Hall–Kier alpha value is -1.23. The van der Waals surface area contributed by atoms with Crippen LogP contribution in [0.25, 0.3) is 0 Å². The average molecular weight is 244 g/mol. The van der Waals surface area contributed by atoms with Crippen molar-refractivity contribution in [2.45, 2.75) is 0 Å². The smallest absolute Gasteiger partial charge is 0.237 e. The van der Waals surface area contributed by atoms with Crippen LogP contribution in [0.3, 0.4) is 0 Å². The van der Waals surface area contributed by atoms with E-state index in [2.05, 4.69) is 21.1 Å². The highest BCUT2D eigenvalue weighted by atomic mass is 79.9. The Morgan fingerprint density at radius 2 is 2.31 bits per heavy atom. The van der Waals surface area contributed by atoms with Crippen LogP contribution < -0.4 is 10.6 Å². The van der Waals surface area contributed by atoms with Crippen molar-refractivity contribution in [3.63, 3.8) is 0 Å². The number of nitrogens with two attached hydrogens (primary N) is 1. The lowest BCUT2D eigenvalue weighted by Crippen LogP contribution is -2.33. The fraction of sp³-hybridized carbons (Fsp3) is 0.125. The molecular weight excluding hydrogens is 234 g/mol. The molecule has 4 nitrogen and oxygen atoms in total. The highest BCUT2D eigenvalue weighted by molar-refractivity contribution is 9.10. The Morgan fingerprint density at radius 1 is 1.62 bits per heavy atom. The Balaban J connectivity index is 2.95. The number of oxime groups is 1. The molecule has 0 bridgehead atoms. The van der Waals surface area contributed by atoms with Crippen molar-refractivity contribution in [2.75, 3.05) is 11.9 Å². The largest absolute Gasteiger partial charge is 0.408 e. The molecule has 1 aromatic rings. The molecule has 0 aliphatic rings. The van der Waals surface area contributed by atoms with Crippen LogP contribution in [0, 0.1) is 0 Å². The fourth-order valence-corrected chi connectivity index (χ4v) is 1.27. The van der Waals surface area contributed by atoms with E-state index in [1.807, 2.05) is 24.3 Å². The van der Waals surface area contributed by atoms with Gasteiger partial charge in [-0.2, -0.15) is 0 Å². The standard InChI is InChI=1S/C8H10BrN3O/c1-12(8(10)11-13)7-4-2-3-6(9)5-7/h2-5,13H,1H3,(H2,10,11). The number of nitrogens with zero attached hydrogens (tertiary/aromatic N) is 2. The molecule has 0 radical (unpaired) electrons. The number of hydrogen-bond acceptors (Lipinski definition) is 2. The summed E-state index contributed by atoms with van der Waals surface area (Å²) in [6.45, 7) is 0. The highest BCUT2D eigenvalue weighted by Crippen LogP contribution is 2.18. The van der Waals surface area contributed by atoms with E-state index in [1.165, 1.54) is 0 Å². The molecule has 1 rings (SSSR count). The van der Waals surface area contributed by atoms with E-state index in [9.17, 15) is 0 Å². The van der Waals surface area contributed by atoms with Gasteiger partial charge >= 0.3 is 0 Å². The summed E-state index contributed by atoms with van der Waals surface area (Å²) in [5, 5.41) is 11.3. The van der Waals surface area contributed by atoms with Gasteiger partial charge in [0.1, 0.15) is 0 Å². The maximum absolute atomic E-state index is 8.45. The van der Waals surface area contributed by atoms with E-state index < -0.39 is 0 Å². The van der Waals surface area contributed by atoms with Crippen LogP contribution in [0.5, 0.6) is 0 Å². The molecule has 0 spiro atoms. The van der Waals surface area contributed by atoms with Crippen LogP contribution in [-0.2, 0) is 0 Å². The molecule has 1 aromatic carbocycles. The fourth-order valence-electron chi connectivity index (χ4n) is 0.884. The molecule has 0 aliphatic heterocycles. The van der Waals surface area contributed by atoms with Gasteiger partial charge in [-0.15, -0.1) is 0 Å². The van der Waals surface area contributed by atoms with Crippen LogP contribution in [0.2, 0.25) is 0 Å². The molecule has 70 valence electrons. The highest BCUT2D eigenvalue weighted by Gasteiger charge is 2.04. The zero-order chi connectivity index (χ0) is 9.84. The van der Waals surface area contributed by atoms with E-state index >= 15 is 0 Å². The van der Waals surface area contributed by atoms with Crippen molar-refractivity contribution < 1.29 is 5.21 Å². The molecule has 0 aromatic heterocycles. The number of guanidine groups is 1. The molecule has 0 aliphatic carbocycles. The molecule has 0 atom stereocenters. The third-order valence-corrected chi connectivity index (χ3v) is 2.13. The predicted octanol–water partition coefficient (Wildman–Crippen LogP) is 1.59. The first kappa shape index (κ1) is 9.85. The molecule has 0 saturated carbocycles. The molecule has 3 N–H and O–H groups in total. The first-order valence-electron chi connectivity index (χ1n) is 3.62. The molecule has 13 heavy (non-hydrogen) atoms. The third kappa shape index (κ3) is 2.35. The molecule has 0 unspecified atom stereocenters. The van der Waals surface area contributed by atoms with E-state index in [4.69, 9.17) is 10.9 Å². The van der Waals surface area contributed by atoms with Gasteiger partial charge in [0, 0.05) is 17.2 Å². The third-order valence-electron chi connectivity index (χ3n) is 1.64. The monoisotopic (exact) mass is 243 g/mol. The second-order valence-corrected chi connectivity index (χ2v) is 3.41. The number of hydrogen-bond donors (Lipinski definition) is 2. The first-order valence-corrected chi connectivity index (χ1v) is 4.41. The van der Waals surface area contributed by atoms with Crippen molar-refractivity contribution in [1.82, 2.24) is 0 Å². The normalized spacial score (nSPS) is 11.4.